The highest BCUT2D eigenvalue weighted by Gasteiger charge is 2.14. The van der Waals surface area contributed by atoms with Gasteiger partial charge in [-0.25, -0.2) is 0 Å². The van der Waals surface area contributed by atoms with Crippen molar-refractivity contribution in [1.29, 1.82) is 0 Å². The van der Waals surface area contributed by atoms with Gasteiger partial charge in [0.25, 0.3) is 0 Å². The second-order valence-electron chi connectivity index (χ2n) is 3.71. The molecule has 1 aromatic carbocycles. The van der Waals surface area contributed by atoms with Gasteiger partial charge >= 0.3 is 0 Å². The molecule has 0 amide bonds. The normalized spacial score (nSPS) is 14.9. The van der Waals surface area contributed by atoms with Crippen LogP contribution in [0.15, 0.2) is 6.07 Å². The van der Waals surface area contributed by atoms with Crippen LogP contribution < -0.4 is 5.32 Å². The maximum atomic E-state index is 9.63. The fourth-order valence-electron chi connectivity index (χ4n) is 1.90. The first-order valence-corrected chi connectivity index (χ1v) is 4.76. The molecule has 2 nitrogen and oxygen atoms in total. The lowest BCUT2D eigenvalue weighted by Crippen LogP contribution is -2.13. The number of phenolic OH excluding ortho intramolecular Hbond substituents is 1. The smallest absolute Gasteiger partial charge is 0.119 e. The Balaban J connectivity index is 2.60. The third-order valence-corrected chi connectivity index (χ3v) is 2.88. The molecule has 1 aliphatic rings. The van der Waals surface area contributed by atoms with Crippen LogP contribution in [0.1, 0.15) is 23.1 Å². The van der Waals surface area contributed by atoms with E-state index in [0.29, 0.717) is 5.75 Å². The summed E-state index contributed by atoms with van der Waals surface area (Å²) >= 11 is 0. The van der Waals surface area contributed by atoms with Crippen molar-refractivity contribution in [3.05, 3.63) is 22.8 Å². The highest BCUT2D eigenvalue weighted by atomic mass is 16.3. The maximum Gasteiger partial charge on any atom is 0.119 e. The molecule has 2 N–H and O–H groups in total. The predicted molar refractivity (Wildman–Crippen MR) is 54.4 cm³/mol. The van der Waals surface area contributed by atoms with E-state index < -0.39 is 0 Å². The lowest BCUT2D eigenvalue weighted by Gasteiger charge is -2.22. The Morgan fingerprint density at radius 1 is 1.31 bits per heavy atom. The third-order valence-electron chi connectivity index (χ3n) is 2.88. The lowest BCUT2D eigenvalue weighted by atomic mass is 9.96. The molecule has 13 heavy (non-hydrogen) atoms. The minimum absolute atomic E-state index is 0.431. The summed E-state index contributed by atoms with van der Waals surface area (Å²) in [5, 5.41) is 13.0. The van der Waals surface area contributed by atoms with Gasteiger partial charge in [-0.1, -0.05) is 0 Å². The Morgan fingerprint density at radius 3 is 2.85 bits per heavy atom. The van der Waals surface area contributed by atoms with E-state index in [1.54, 1.807) is 0 Å². The van der Waals surface area contributed by atoms with Crippen molar-refractivity contribution in [1.82, 2.24) is 0 Å². The predicted octanol–water partition coefficient (Wildman–Crippen LogP) is 2.37. The van der Waals surface area contributed by atoms with E-state index in [0.717, 1.165) is 24.9 Å². The third kappa shape index (κ3) is 1.26. The molecular weight excluding hydrogens is 162 g/mol. The van der Waals surface area contributed by atoms with Crippen LogP contribution in [0.5, 0.6) is 5.75 Å². The van der Waals surface area contributed by atoms with E-state index in [4.69, 9.17) is 0 Å². The fourth-order valence-corrected chi connectivity index (χ4v) is 1.90. The van der Waals surface area contributed by atoms with Crippen LogP contribution in [0.4, 0.5) is 5.69 Å². The van der Waals surface area contributed by atoms with Gasteiger partial charge in [0, 0.05) is 12.2 Å². The number of benzene rings is 1. The van der Waals surface area contributed by atoms with Crippen molar-refractivity contribution < 1.29 is 5.11 Å². The van der Waals surface area contributed by atoms with Gasteiger partial charge in [0.15, 0.2) is 0 Å². The maximum absolute atomic E-state index is 9.63. The second kappa shape index (κ2) is 2.95. The average Bonchev–Trinajstić information content (AvgIpc) is 2.15. The number of fused-ring (bicyclic) bond motifs is 1. The highest BCUT2D eigenvalue weighted by Crippen LogP contribution is 2.33. The van der Waals surface area contributed by atoms with E-state index >= 15 is 0 Å². The van der Waals surface area contributed by atoms with Crippen LogP contribution in [0, 0.1) is 13.8 Å². The van der Waals surface area contributed by atoms with Gasteiger partial charge in [0.05, 0.1) is 0 Å². The van der Waals surface area contributed by atoms with E-state index in [9.17, 15) is 5.11 Å². The number of aryl methyl sites for hydroxylation is 1. The fraction of sp³-hybridized carbons (Fsp3) is 0.455. The Hall–Kier alpha value is -1.18. The molecule has 70 valence electrons. The largest absolute Gasteiger partial charge is 0.508 e. The molecule has 1 heterocycles. The standard InChI is InChI=1S/C11H15NO/c1-7-8(2)11-9(6-10(7)13)4-3-5-12-11/h6,12-13H,3-5H2,1-2H3. The molecule has 0 saturated carbocycles. The van der Waals surface area contributed by atoms with Gasteiger partial charge < -0.3 is 10.4 Å². The number of rotatable bonds is 0. The molecule has 0 aromatic heterocycles. The first-order valence-electron chi connectivity index (χ1n) is 4.76. The van der Waals surface area contributed by atoms with Crippen molar-refractivity contribution in [2.75, 3.05) is 11.9 Å². The molecule has 0 aliphatic carbocycles. The van der Waals surface area contributed by atoms with Crippen LogP contribution in [0.2, 0.25) is 0 Å². The van der Waals surface area contributed by atoms with Crippen molar-refractivity contribution in [2.24, 2.45) is 0 Å². The van der Waals surface area contributed by atoms with Crippen LogP contribution in [-0.4, -0.2) is 11.7 Å². The molecule has 0 fully saturated rings. The SMILES string of the molecule is Cc1c(O)cc2c(c1C)NCCC2. The van der Waals surface area contributed by atoms with E-state index in [-0.39, 0.29) is 0 Å². The minimum atomic E-state index is 0.431. The van der Waals surface area contributed by atoms with Crippen molar-refractivity contribution in [2.45, 2.75) is 26.7 Å². The van der Waals surface area contributed by atoms with E-state index in [2.05, 4.69) is 12.2 Å². The van der Waals surface area contributed by atoms with Gasteiger partial charge in [-0.15, -0.1) is 0 Å². The van der Waals surface area contributed by atoms with Crippen LogP contribution in [0.3, 0.4) is 0 Å². The molecule has 0 unspecified atom stereocenters. The van der Waals surface area contributed by atoms with Crippen molar-refractivity contribution >= 4 is 5.69 Å². The number of nitrogens with one attached hydrogen (secondary N) is 1. The summed E-state index contributed by atoms with van der Waals surface area (Å²) in [6.07, 6.45) is 2.24. The number of anilines is 1. The van der Waals surface area contributed by atoms with Crippen LogP contribution >= 0.6 is 0 Å². The molecule has 0 atom stereocenters. The molecule has 0 radical (unpaired) electrons. The number of hydrogen-bond acceptors (Lipinski definition) is 2. The molecule has 2 rings (SSSR count). The van der Waals surface area contributed by atoms with Gasteiger partial charge in [-0.2, -0.15) is 0 Å². The Kier molecular flexibility index (Phi) is 1.91. The quantitative estimate of drug-likeness (QED) is 0.596. The Morgan fingerprint density at radius 2 is 2.08 bits per heavy atom. The number of hydrogen-bond donors (Lipinski definition) is 2. The van der Waals surface area contributed by atoms with Gasteiger partial charge in [0.2, 0.25) is 0 Å². The molecular formula is C11H15NO. The van der Waals surface area contributed by atoms with Crippen molar-refractivity contribution in [3.8, 4) is 5.75 Å². The van der Waals surface area contributed by atoms with Gasteiger partial charge in [0.1, 0.15) is 5.75 Å². The van der Waals surface area contributed by atoms with Crippen LogP contribution in [0.25, 0.3) is 0 Å². The monoisotopic (exact) mass is 177 g/mol. The summed E-state index contributed by atoms with van der Waals surface area (Å²) in [6.45, 7) is 5.07. The van der Waals surface area contributed by atoms with E-state index in [1.807, 2.05) is 13.0 Å². The van der Waals surface area contributed by atoms with E-state index in [1.165, 1.54) is 16.8 Å². The van der Waals surface area contributed by atoms with Gasteiger partial charge in [-0.3, -0.25) is 0 Å². The summed E-state index contributed by atoms with van der Waals surface area (Å²) in [4.78, 5) is 0. The number of phenols is 1. The zero-order valence-electron chi connectivity index (χ0n) is 8.15. The molecule has 0 saturated heterocycles. The summed E-state index contributed by atoms with van der Waals surface area (Å²) in [5.41, 5.74) is 4.68. The lowest BCUT2D eigenvalue weighted by molar-refractivity contribution is 0.469. The molecule has 0 spiro atoms. The topological polar surface area (TPSA) is 32.3 Å². The molecule has 0 bridgehead atoms. The summed E-state index contributed by atoms with van der Waals surface area (Å²) < 4.78 is 0. The van der Waals surface area contributed by atoms with Gasteiger partial charge in [-0.05, 0) is 49.4 Å². The zero-order valence-corrected chi connectivity index (χ0v) is 8.15. The second-order valence-corrected chi connectivity index (χ2v) is 3.71. The molecule has 1 aromatic rings. The Labute approximate surface area is 78.6 Å². The molecule has 1 aliphatic heterocycles. The highest BCUT2D eigenvalue weighted by molar-refractivity contribution is 5.64. The van der Waals surface area contributed by atoms with Crippen molar-refractivity contribution in [3.63, 3.8) is 0 Å². The number of aromatic hydroxyl groups is 1. The molecule has 2 heteroatoms. The van der Waals surface area contributed by atoms with Crippen LogP contribution in [-0.2, 0) is 6.42 Å². The first-order chi connectivity index (χ1) is 6.20. The summed E-state index contributed by atoms with van der Waals surface area (Å²) in [6, 6.07) is 1.89. The first kappa shape index (κ1) is 8.42. The Bertz CT molecular complexity index is 344. The zero-order chi connectivity index (χ0) is 9.42. The summed E-state index contributed by atoms with van der Waals surface area (Å²) in [5.74, 6) is 0.431. The minimum Gasteiger partial charge on any atom is -0.508 e. The summed E-state index contributed by atoms with van der Waals surface area (Å²) in [7, 11) is 0. The average molecular weight is 177 g/mol.